The summed E-state index contributed by atoms with van der Waals surface area (Å²) in [5, 5.41) is 5.06. The van der Waals surface area contributed by atoms with Crippen LogP contribution >= 0.6 is 0 Å². The molecule has 2 aromatic carbocycles. The summed E-state index contributed by atoms with van der Waals surface area (Å²) in [6, 6.07) is 8.34. The number of carbonyl (C=O) groups is 2. The van der Waals surface area contributed by atoms with E-state index in [9.17, 15) is 18.4 Å². The Hall–Kier alpha value is -2.96. The van der Waals surface area contributed by atoms with Crippen LogP contribution < -0.4 is 16.4 Å². The highest BCUT2D eigenvalue weighted by Crippen LogP contribution is 2.17. The fourth-order valence-electron chi connectivity index (χ4n) is 1.99. The van der Waals surface area contributed by atoms with E-state index in [2.05, 4.69) is 10.6 Å². The van der Waals surface area contributed by atoms with Crippen molar-refractivity contribution in [2.45, 2.75) is 13.0 Å². The molecule has 1 unspecified atom stereocenters. The molecule has 0 heterocycles. The van der Waals surface area contributed by atoms with Crippen molar-refractivity contribution in [1.82, 2.24) is 5.32 Å². The summed E-state index contributed by atoms with van der Waals surface area (Å²) in [7, 11) is 0. The van der Waals surface area contributed by atoms with Crippen molar-refractivity contribution >= 4 is 17.6 Å². The van der Waals surface area contributed by atoms with Gasteiger partial charge in [-0.15, -0.1) is 0 Å². The first-order valence-electron chi connectivity index (χ1n) is 6.79. The highest BCUT2D eigenvalue weighted by atomic mass is 19.2. The molecule has 2 rings (SSSR count). The van der Waals surface area contributed by atoms with Crippen molar-refractivity contribution in [2.75, 3.05) is 5.32 Å². The van der Waals surface area contributed by atoms with Gasteiger partial charge in [0.05, 0.1) is 6.04 Å². The lowest BCUT2D eigenvalue weighted by Crippen LogP contribution is -2.26. The van der Waals surface area contributed by atoms with Crippen LogP contribution in [-0.4, -0.2) is 11.9 Å². The van der Waals surface area contributed by atoms with E-state index < -0.39 is 23.7 Å². The number of urea groups is 1. The predicted molar refractivity (Wildman–Crippen MR) is 81.9 cm³/mol. The molecule has 0 saturated carbocycles. The molecule has 3 amide bonds. The minimum atomic E-state index is -0.967. The van der Waals surface area contributed by atoms with Crippen molar-refractivity contribution in [2.24, 2.45) is 5.73 Å². The van der Waals surface area contributed by atoms with E-state index in [1.807, 2.05) is 0 Å². The predicted octanol–water partition coefficient (Wildman–Crippen LogP) is 2.95. The van der Waals surface area contributed by atoms with E-state index in [1.54, 1.807) is 6.92 Å². The molecule has 0 radical (unpaired) electrons. The van der Waals surface area contributed by atoms with Crippen LogP contribution in [0.2, 0.25) is 0 Å². The number of amides is 3. The number of anilines is 1. The second-order valence-corrected chi connectivity index (χ2v) is 4.94. The van der Waals surface area contributed by atoms with Crippen molar-refractivity contribution < 1.29 is 18.4 Å². The number of hydrogen-bond donors (Lipinski definition) is 3. The maximum Gasteiger partial charge on any atom is 0.316 e. The summed E-state index contributed by atoms with van der Waals surface area (Å²) in [6.07, 6.45) is 0. The number of benzene rings is 2. The van der Waals surface area contributed by atoms with Gasteiger partial charge in [0.25, 0.3) is 5.91 Å². The highest BCUT2D eigenvalue weighted by Gasteiger charge is 2.13. The fraction of sp³-hybridized carbons (Fsp3) is 0.125. The van der Waals surface area contributed by atoms with Crippen LogP contribution in [0.1, 0.15) is 28.9 Å². The lowest BCUT2D eigenvalue weighted by atomic mass is 10.1. The van der Waals surface area contributed by atoms with Gasteiger partial charge >= 0.3 is 6.03 Å². The van der Waals surface area contributed by atoms with Crippen LogP contribution in [0, 0.1) is 11.6 Å². The zero-order chi connectivity index (χ0) is 17.0. The largest absolute Gasteiger partial charge is 0.351 e. The van der Waals surface area contributed by atoms with Gasteiger partial charge in [-0.1, -0.05) is 6.07 Å². The molecule has 0 spiro atoms. The minimum Gasteiger partial charge on any atom is -0.351 e. The number of nitrogens with one attached hydrogen (secondary N) is 2. The second-order valence-electron chi connectivity index (χ2n) is 4.94. The van der Waals surface area contributed by atoms with Crippen LogP contribution in [0.4, 0.5) is 19.3 Å². The third-order valence-electron chi connectivity index (χ3n) is 3.21. The van der Waals surface area contributed by atoms with E-state index in [1.165, 1.54) is 30.3 Å². The monoisotopic (exact) mass is 319 g/mol. The second kappa shape index (κ2) is 6.87. The number of nitrogens with two attached hydrogens (primary N) is 1. The average Bonchev–Trinajstić information content (AvgIpc) is 2.50. The molecule has 0 aliphatic rings. The molecule has 0 fully saturated rings. The molecule has 0 saturated heterocycles. The standard InChI is InChI=1S/C16H15F2N3O2/c1-9(11-4-7-13(17)14(18)8-11)20-15(22)10-2-5-12(6-3-10)21-16(19)23/h2-9H,1H3,(H,20,22)(H3,19,21,23). The van der Waals surface area contributed by atoms with Gasteiger partial charge in [0.2, 0.25) is 0 Å². The third kappa shape index (κ3) is 4.26. The van der Waals surface area contributed by atoms with E-state index >= 15 is 0 Å². The molecular formula is C16H15F2N3O2. The molecule has 0 bridgehead atoms. The Balaban J connectivity index is 2.05. The molecule has 0 aliphatic carbocycles. The smallest absolute Gasteiger partial charge is 0.316 e. The Morgan fingerprint density at radius 2 is 1.70 bits per heavy atom. The molecule has 4 N–H and O–H groups in total. The molecule has 0 aliphatic heterocycles. The Bertz CT molecular complexity index is 733. The first kappa shape index (κ1) is 16.4. The van der Waals surface area contributed by atoms with Crippen molar-refractivity contribution in [3.63, 3.8) is 0 Å². The zero-order valence-electron chi connectivity index (χ0n) is 12.3. The lowest BCUT2D eigenvalue weighted by Gasteiger charge is -2.15. The molecule has 2 aromatic rings. The van der Waals surface area contributed by atoms with Crippen LogP contribution in [0.15, 0.2) is 42.5 Å². The normalized spacial score (nSPS) is 11.6. The van der Waals surface area contributed by atoms with Crippen LogP contribution in [0.25, 0.3) is 0 Å². The number of halogens is 2. The van der Waals surface area contributed by atoms with Crippen LogP contribution in [-0.2, 0) is 0 Å². The summed E-state index contributed by atoms with van der Waals surface area (Å²) in [5.74, 6) is -2.29. The summed E-state index contributed by atoms with van der Waals surface area (Å²) >= 11 is 0. The SMILES string of the molecule is CC(NC(=O)c1ccc(NC(N)=O)cc1)c1ccc(F)c(F)c1. The van der Waals surface area contributed by atoms with Gasteiger partial charge in [0.15, 0.2) is 11.6 Å². The average molecular weight is 319 g/mol. The number of hydrogen-bond acceptors (Lipinski definition) is 2. The van der Waals surface area contributed by atoms with Gasteiger partial charge in [-0.25, -0.2) is 13.6 Å². The lowest BCUT2D eigenvalue weighted by molar-refractivity contribution is 0.0940. The molecule has 23 heavy (non-hydrogen) atoms. The Labute approximate surface area is 131 Å². The summed E-state index contributed by atoms with van der Waals surface area (Å²) in [5.41, 5.74) is 6.25. The van der Waals surface area contributed by atoms with Gasteiger partial charge in [-0.05, 0) is 48.9 Å². The summed E-state index contributed by atoms with van der Waals surface area (Å²) in [4.78, 5) is 22.8. The highest BCUT2D eigenvalue weighted by molar-refractivity contribution is 5.95. The van der Waals surface area contributed by atoms with E-state index in [0.717, 1.165) is 12.1 Å². The maximum absolute atomic E-state index is 13.2. The molecule has 0 aromatic heterocycles. The zero-order valence-corrected chi connectivity index (χ0v) is 12.3. The van der Waals surface area contributed by atoms with Crippen molar-refractivity contribution in [3.05, 3.63) is 65.2 Å². The molecule has 120 valence electrons. The Morgan fingerprint density at radius 1 is 1.04 bits per heavy atom. The van der Waals surface area contributed by atoms with Crippen molar-refractivity contribution in [3.8, 4) is 0 Å². The van der Waals surface area contributed by atoms with Gasteiger partial charge in [0.1, 0.15) is 0 Å². The number of carbonyl (C=O) groups excluding carboxylic acids is 2. The van der Waals surface area contributed by atoms with E-state index in [4.69, 9.17) is 5.73 Å². The third-order valence-corrected chi connectivity index (χ3v) is 3.21. The first-order valence-corrected chi connectivity index (χ1v) is 6.79. The Kier molecular flexibility index (Phi) is 4.90. The minimum absolute atomic E-state index is 0.356. The van der Waals surface area contributed by atoms with Crippen LogP contribution in [0.5, 0.6) is 0 Å². The number of rotatable bonds is 4. The summed E-state index contributed by atoms with van der Waals surface area (Å²) < 4.78 is 26.1. The fourth-order valence-corrected chi connectivity index (χ4v) is 1.99. The van der Waals surface area contributed by atoms with Gasteiger partial charge in [0, 0.05) is 11.3 Å². The van der Waals surface area contributed by atoms with Gasteiger partial charge in [-0.3, -0.25) is 4.79 Å². The molecule has 1 atom stereocenters. The topological polar surface area (TPSA) is 84.2 Å². The van der Waals surface area contributed by atoms with Gasteiger partial charge < -0.3 is 16.4 Å². The molecular weight excluding hydrogens is 304 g/mol. The van der Waals surface area contributed by atoms with Gasteiger partial charge in [-0.2, -0.15) is 0 Å². The first-order chi connectivity index (χ1) is 10.9. The van der Waals surface area contributed by atoms with Crippen molar-refractivity contribution in [1.29, 1.82) is 0 Å². The van der Waals surface area contributed by atoms with E-state index in [-0.39, 0.29) is 5.91 Å². The molecule has 7 heteroatoms. The quantitative estimate of drug-likeness (QED) is 0.809. The Morgan fingerprint density at radius 3 is 2.26 bits per heavy atom. The summed E-state index contributed by atoms with van der Waals surface area (Å²) in [6.45, 7) is 1.66. The van der Waals surface area contributed by atoms with E-state index in [0.29, 0.717) is 16.8 Å². The molecule has 5 nitrogen and oxygen atoms in total. The maximum atomic E-state index is 13.2. The van der Waals surface area contributed by atoms with Crippen LogP contribution in [0.3, 0.4) is 0 Å². The number of primary amides is 1.